The molecule has 3 heteroatoms. The molecule has 1 heterocycles. The van der Waals surface area contributed by atoms with Gasteiger partial charge < -0.3 is 4.90 Å². The van der Waals surface area contributed by atoms with Crippen LogP contribution in [0.1, 0.15) is 30.9 Å². The summed E-state index contributed by atoms with van der Waals surface area (Å²) in [7, 11) is 0. The molecule has 17 heavy (non-hydrogen) atoms. The first kappa shape index (κ1) is 11.7. The lowest BCUT2D eigenvalue weighted by Gasteiger charge is -2.18. The molecule has 0 N–H and O–H groups in total. The molecule has 1 unspecified atom stereocenters. The van der Waals surface area contributed by atoms with Crippen molar-refractivity contribution in [1.29, 1.82) is 5.26 Å². The van der Waals surface area contributed by atoms with Gasteiger partial charge in [-0.2, -0.15) is 5.26 Å². The Labute approximate surface area is 102 Å². The number of carbonyl (C=O) groups excluding carboxylic acids is 1. The molecule has 1 aromatic rings. The molecule has 88 valence electrons. The molecule has 1 amide bonds. The van der Waals surface area contributed by atoms with Crippen molar-refractivity contribution in [3.63, 3.8) is 0 Å². The average molecular weight is 228 g/mol. The molecule has 0 aliphatic carbocycles. The summed E-state index contributed by atoms with van der Waals surface area (Å²) in [5, 5.41) is 9.01. The third-order valence-corrected chi connectivity index (χ3v) is 3.18. The van der Waals surface area contributed by atoms with E-state index in [1.54, 1.807) is 4.90 Å². The Hall–Kier alpha value is -1.82. The van der Waals surface area contributed by atoms with Crippen molar-refractivity contribution in [3.8, 4) is 6.07 Å². The summed E-state index contributed by atoms with van der Waals surface area (Å²) in [6.45, 7) is 3.30. The molecule has 0 fully saturated rings. The first-order chi connectivity index (χ1) is 8.26. The van der Waals surface area contributed by atoms with Gasteiger partial charge in [0.15, 0.2) is 0 Å². The van der Waals surface area contributed by atoms with Gasteiger partial charge in [0.05, 0.1) is 6.07 Å². The summed E-state index contributed by atoms with van der Waals surface area (Å²) >= 11 is 0. The number of amides is 1. The Morgan fingerprint density at radius 2 is 2.00 bits per heavy atom. The van der Waals surface area contributed by atoms with Gasteiger partial charge in [-0.15, -0.1) is 0 Å². The van der Waals surface area contributed by atoms with Gasteiger partial charge in [-0.05, 0) is 17.5 Å². The Morgan fingerprint density at radius 3 is 2.47 bits per heavy atom. The van der Waals surface area contributed by atoms with Gasteiger partial charge in [-0.3, -0.25) is 4.79 Å². The van der Waals surface area contributed by atoms with Gasteiger partial charge in [0.25, 0.3) is 0 Å². The smallest absolute Gasteiger partial charge is 0.240 e. The Morgan fingerprint density at radius 1 is 1.41 bits per heavy atom. The van der Waals surface area contributed by atoms with E-state index in [-0.39, 0.29) is 5.91 Å². The SMILES string of the molecule is CCCC(C#N)C(=O)N1Cc2ccccc2C1. The molecule has 1 aromatic carbocycles. The van der Waals surface area contributed by atoms with Crippen LogP contribution in [0.4, 0.5) is 0 Å². The molecule has 1 aliphatic rings. The highest BCUT2D eigenvalue weighted by Gasteiger charge is 2.28. The number of benzene rings is 1. The van der Waals surface area contributed by atoms with Crippen molar-refractivity contribution in [2.45, 2.75) is 32.9 Å². The number of nitrogens with zero attached hydrogens (tertiary/aromatic N) is 2. The van der Waals surface area contributed by atoms with Gasteiger partial charge in [-0.25, -0.2) is 0 Å². The summed E-state index contributed by atoms with van der Waals surface area (Å²) in [6.07, 6.45) is 1.52. The first-order valence-corrected chi connectivity index (χ1v) is 6.01. The minimum Gasteiger partial charge on any atom is -0.333 e. The quantitative estimate of drug-likeness (QED) is 0.797. The second-order valence-electron chi connectivity index (χ2n) is 4.43. The van der Waals surface area contributed by atoms with E-state index in [9.17, 15) is 4.79 Å². The Kier molecular flexibility index (Phi) is 3.43. The summed E-state index contributed by atoms with van der Waals surface area (Å²) < 4.78 is 0. The van der Waals surface area contributed by atoms with Crippen molar-refractivity contribution in [2.24, 2.45) is 5.92 Å². The van der Waals surface area contributed by atoms with E-state index in [4.69, 9.17) is 5.26 Å². The van der Waals surface area contributed by atoms with Crippen LogP contribution in [-0.4, -0.2) is 10.8 Å². The zero-order chi connectivity index (χ0) is 12.3. The molecule has 0 spiro atoms. The standard InChI is InChI=1S/C14H16N2O/c1-2-5-11(8-15)14(17)16-9-12-6-3-4-7-13(12)10-16/h3-4,6-7,11H,2,5,9-10H2,1H3. The van der Waals surface area contributed by atoms with Crippen molar-refractivity contribution >= 4 is 5.91 Å². The topological polar surface area (TPSA) is 44.1 Å². The summed E-state index contributed by atoms with van der Waals surface area (Å²) in [6, 6.07) is 10.2. The van der Waals surface area contributed by atoms with Gasteiger partial charge in [0.1, 0.15) is 5.92 Å². The summed E-state index contributed by atoms with van der Waals surface area (Å²) in [4.78, 5) is 13.9. The number of fused-ring (bicyclic) bond motifs is 1. The number of carbonyl (C=O) groups is 1. The van der Waals surface area contributed by atoms with E-state index in [0.29, 0.717) is 19.5 Å². The van der Waals surface area contributed by atoms with Gasteiger partial charge in [0.2, 0.25) is 5.91 Å². The molecular weight excluding hydrogens is 212 g/mol. The van der Waals surface area contributed by atoms with Crippen LogP contribution in [0, 0.1) is 17.2 Å². The van der Waals surface area contributed by atoms with Crippen LogP contribution in [0.2, 0.25) is 0 Å². The molecule has 0 saturated carbocycles. The lowest BCUT2D eigenvalue weighted by molar-refractivity contribution is -0.134. The van der Waals surface area contributed by atoms with Crippen molar-refractivity contribution in [1.82, 2.24) is 4.90 Å². The van der Waals surface area contributed by atoms with Gasteiger partial charge in [0, 0.05) is 13.1 Å². The molecule has 1 aliphatic heterocycles. The highest BCUT2D eigenvalue weighted by atomic mass is 16.2. The van der Waals surface area contributed by atoms with Crippen LogP contribution >= 0.6 is 0 Å². The first-order valence-electron chi connectivity index (χ1n) is 6.01. The van der Waals surface area contributed by atoms with Crippen molar-refractivity contribution in [2.75, 3.05) is 0 Å². The van der Waals surface area contributed by atoms with E-state index in [0.717, 1.165) is 6.42 Å². The summed E-state index contributed by atoms with van der Waals surface area (Å²) in [5.41, 5.74) is 2.41. The zero-order valence-corrected chi connectivity index (χ0v) is 10.0. The largest absolute Gasteiger partial charge is 0.333 e. The number of nitriles is 1. The molecule has 2 rings (SSSR count). The second-order valence-corrected chi connectivity index (χ2v) is 4.43. The van der Waals surface area contributed by atoms with E-state index in [1.807, 2.05) is 31.2 Å². The van der Waals surface area contributed by atoms with E-state index < -0.39 is 5.92 Å². The van der Waals surface area contributed by atoms with Crippen LogP contribution in [0.3, 0.4) is 0 Å². The molecule has 1 atom stereocenters. The van der Waals surface area contributed by atoms with Crippen LogP contribution in [0.15, 0.2) is 24.3 Å². The normalized spacial score (nSPS) is 15.2. The van der Waals surface area contributed by atoms with E-state index in [1.165, 1.54) is 11.1 Å². The lowest BCUT2D eigenvalue weighted by atomic mass is 10.0. The van der Waals surface area contributed by atoms with Crippen LogP contribution in [-0.2, 0) is 17.9 Å². The zero-order valence-electron chi connectivity index (χ0n) is 10.0. The maximum Gasteiger partial charge on any atom is 0.240 e. The third-order valence-electron chi connectivity index (χ3n) is 3.18. The second kappa shape index (κ2) is 5.01. The number of hydrogen-bond donors (Lipinski definition) is 0. The predicted molar refractivity (Wildman–Crippen MR) is 64.7 cm³/mol. The highest BCUT2D eigenvalue weighted by Crippen LogP contribution is 2.24. The fourth-order valence-electron chi connectivity index (χ4n) is 2.24. The number of hydrogen-bond acceptors (Lipinski definition) is 2. The molecule has 0 aromatic heterocycles. The van der Waals surface area contributed by atoms with Crippen molar-refractivity contribution < 1.29 is 4.79 Å². The summed E-state index contributed by atoms with van der Waals surface area (Å²) in [5.74, 6) is -0.500. The number of rotatable bonds is 3. The minimum atomic E-state index is -0.477. The fourth-order valence-corrected chi connectivity index (χ4v) is 2.24. The maximum atomic E-state index is 12.1. The molecule has 3 nitrogen and oxygen atoms in total. The van der Waals surface area contributed by atoms with Crippen molar-refractivity contribution in [3.05, 3.63) is 35.4 Å². The fraction of sp³-hybridized carbons (Fsp3) is 0.429. The predicted octanol–water partition coefficient (Wildman–Crippen LogP) is 2.47. The lowest BCUT2D eigenvalue weighted by Crippen LogP contribution is -2.31. The van der Waals surface area contributed by atoms with E-state index in [2.05, 4.69) is 6.07 Å². The van der Waals surface area contributed by atoms with Crippen LogP contribution < -0.4 is 0 Å². The Bertz CT molecular complexity index is 437. The molecule has 0 bridgehead atoms. The Balaban J connectivity index is 2.08. The van der Waals surface area contributed by atoms with Gasteiger partial charge >= 0.3 is 0 Å². The molecule has 0 saturated heterocycles. The van der Waals surface area contributed by atoms with Crippen LogP contribution in [0.25, 0.3) is 0 Å². The molecular formula is C14H16N2O. The monoisotopic (exact) mass is 228 g/mol. The maximum absolute atomic E-state index is 12.1. The van der Waals surface area contributed by atoms with E-state index >= 15 is 0 Å². The average Bonchev–Trinajstić information content (AvgIpc) is 2.78. The highest BCUT2D eigenvalue weighted by molar-refractivity contribution is 5.81. The minimum absolute atomic E-state index is 0.0226. The molecule has 0 radical (unpaired) electrons. The van der Waals surface area contributed by atoms with Crippen LogP contribution in [0.5, 0.6) is 0 Å². The van der Waals surface area contributed by atoms with Gasteiger partial charge in [-0.1, -0.05) is 37.6 Å². The third kappa shape index (κ3) is 2.31.